The minimum atomic E-state index is -1.38. The lowest BCUT2D eigenvalue weighted by atomic mass is 9.91. The Morgan fingerprint density at radius 2 is 1.44 bits per heavy atom. The lowest BCUT2D eigenvalue weighted by Gasteiger charge is -2.13. The third-order valence-corrected chi connectivity index (χ3v) is 2.77. The monoisotopic (exact) mass is 250 g/mol. The number of carboxylic acid groups (broad SMARTS) is 2. The molecule has 0 aliphatic rings. The van der Waals surface area contributed by atoms with Crippen molar-refractivity contribution in [3.8, 4) is 0 Å². The molecule has 0 saturated carbocycles. The van der Waals surface area contributed by atoms with E-state index in [2.05, 4.69) is 13.8 Å². The highest BCUT2D eigenvalue weighted by Crippen LogP contribution is 2.18. The molecule has 0 fully saturated rings. The topological polar surface area (TPSA) is 74.6 Å². The minimum absolute atomic E-state index is 0.0353. The van der Waals surface area contributed by atoms with E-state index in [0.717, 1.165) is 17.5 Å². The maximum absolute atomic E-state index is 10.9. The van der Waals surface area contributed by atoms with E-state index in [1.807, 2.05) is 12.1 Å². The van der Waals surface area contributed by atoms with Crippen LogP contribution < -0.4 is 0 Å². The van der Waals surface area contributed by atoms with Crippen LogP contribution in [0.3, 0.4) is 0 Å². The number of carbonyl (C=O) groups is 2. The van der Waals surface area contributed by atoms with Gasteiger partial charge < -0.3 is 10.2 Å². The molecule has 1 rings (SSSR count). The third kappa shape index (κ3) is 3.87. The summed E-state index contributed by atoms with van der Waals surface area (Å²) in [6.45, 7) is 4.14. The van der Waals surface area contributed by atoms with Crippen molar-refractivity contribution in [2.24, 2.45) is 11.8 Å². The van der Waals surface area contributed by atoms with E-state index in [9.17, 15) is 9.59 Å². The largest absolute Gasteiger partial charge is 0.481 e. The predicted octanol–water partition coefficient (Wildman–Crippen LogP) is 2.21. The number of hydrogen-bond acceptors (Lipinski definition) is 2. The van der Waals surface area contributed by atoms with Crippen LogP contribution in [-0.2, 0) is 22.4 Å². The van der Waals surface area contributed by atoms with Gasteiger partial charge in [0.1, 0.15) is 0 Å². The van der Waals surface area contributed by atoms with E-state index in [4.69, 9.17) is 10.2 Å². The van der Waals surface area contributed by atoms with Crippen molar-refractivity contribution in [2.75, 3.05) is 0 Å². The van der Waals surface area contributed by atoms with Gasteiger partial charge in [0.05, 0.1) is 0 Å². The summed E-state index contributed by atoms with van der Waals surface area (Å²) in [6, 6.07) is 7.42. The number of aliphatic carboxylic acids is 2. The zero-order chi connectivity index (χ0) is 13.7. The van der Waals surface area contributed by atoms with Crippen LogP contribution >= 0.6 is 0 Å². The first-order valence-corrected chi connectivity index (χ1v) is 5.94. The molecule has 0 amide bonds. The van der Waals surface area contributed by atoms with Gasteiger partial charge in [0.2, 0.25) is 0 Å². The molecule has 0 saturated heterocycles. The second-order valence-electron chi connectivity index (χ2n) is 4.80. The molecule has 18 heavy (non-hydrogen) atoms. The summed E-state index contributed by atoms with van der Waals surface area (Å²) < 4.78 is 0. The maximum atomic E-state index is 10.9. The molecular weight excluding hydrogens is 232 g/mol. The molecule has 0 radical (unpaired) electrons. The SMILES string of the molecule is CC(C)Cc1ccccc1CC(C(=O)O)C(=O)O. The first kappa shape index (κ1) is 14.2. The second-order valence-corrected chi connectivity index (χ2v) is 4.80. The molecule has 4 heteroatoms. The second kappa shape index (κ2) is 6.19. The van der Waals surface area contributed by atoms with Gasteiger partial charge >= 0.3 is 11.9 Å². The quantitative estimate of drug-likeness (QED) is 0.759. The molecule has 98 valence electrons. The maximum Gasteiger partial charge on any atom is 0.318 e. The highest BCUT2D eigenvalue weighted by molar-refractivity contribution is 5.93. The fourth-order valence-electron chi connectivity index (χ4n) is 1.90. The summed E-state index contributed by atoms with van der Waals surface area (Å²) in [4.78, 5) is 21.8. The van der Waals surface area contributed by atoms with E-state index in [1.54, 1.807) is 12.1 Å². The average Bonchev–Trinajstić information content (AvgIpc) is 2.26. The van der Waals surface area contributed by atoms with Crippen LogP contribution in [0.25, 0.3) is 0 Å². The molecular formula is C14H18O4. The van der Waals surface area contributed by atoms with E-state index in [-0.39, 0.29) is 6.42 Å². The van der Waals surface area contributed by atoms with Gasteiger partial charge in [0.15, 0.2) is 5.92 Å². The van der Waals surface area contributed by atoms with Gasteiger partial charge in [-0.15, -0.1) is 0 Å². The molecule has 0 unspecified atom stereocenters. The van der Waals surface area contributed by atoms with Crippen molar-refractivity contribution in [1.29, 1.82) is 0 Å². The van der Waals surface area contributed by atoms with Crippen LogP contribution in [0, 0.1) is 11.8 Å². The Morgan fingerprint density at radius 1 is 1.00 bits per heavy atom. The van der Waals surface area contributed by atoms with E-state index >= 15 is 0 Å². The molecule has 0 aromatic heterocycles. The van der Waals surface area contributed by atoms with Crippen LogP contribution in [0.1, 0.15) is 25.0 Å². The Balaban J connectivity index is 2.95. The van der Waals surface area contributed by atoms with Gasteiger partial charge in [-0.3, -0.25) is 9.59 Å². The van der Waals surface area contributed by atoms with Crippen molar-refractivity contribution in [3.63, 3.8) is 0 Å². The van der Waals surface area contributed by atoms with E-state index < -0.39 is 17.9 Å². The van der Waals surface area contributed by atoms with Crippen molar-refractivity contribution in [3.05, 3.63) is 35.4 Å². The minimum Gasteiger partial charge on any atom is -0.481 e. The molecule has 0 spiro atoms. The summed E-state index contributed by atoms with van der Waals surface area (Å²) in [6.07, 6.45) is 0.857. The highest BCUT2D eigenvalue weighted by atomic mass is 16.4. The van der Waals surface area contributed by atoms with Gasteiger partial charge in [-0.25, -0.2) is 0 Å². The zero-order valence-electron chi connectivity index (χ0n) is 10.6. The summed E-state index contributed by atoms with van der Waals surface area (Å²) in [5, 5.41) is 17.8. The summed E-state index contributed by atoms with van der Waals surface area (Å²) in [7, 11) is 0. The summed E-state index contributed by atoms with van der Waals surface area (Å²) >= 11 is 0. The molecule has 1 aromatic carbocycles. The molecule has 0 aliphatic carbocycles. The van der Waals surface area contributed by atoms with Crippen molar-refractivity contribution < 1.29 is 19.8 Å². The standard InChI is InChI=1S/C14H18O4/c1-9(2)7-10-5-3-4-6-11(10)8-12(13(15)16)14(17)18/h3-6,9,12H,7-8H2,1-2H3,(H,15,16)(H,17,18). The van der Waals surface area contributed by atoms with Crippen LogP contribution in [0.15, 0.2) is 24.3 Å². The van der Waals surface area contributed by atoms with Crippen LogP contribution in [-0.4, -0.2) is 22.2 Å². The van der Waals surface area contributed by atoms with Gasteiger partial charge in [-0.1, -0.05) is 38.1 Å². The highest BCUT2D eigenvalue weighted by Gasteiger charge is 2.26. The van der Waals surface area contributed by atoms with Crippen molar-refractivity contribution in [2.45, 2.75) is 26.7 Å². The van der Waals surface area contributed by atoms with Gasteiger partial charge in [0.25, 0.3) is 0 Å². The molecule has 1 aromatic rings. The van der Waals surface area contributed by atoms with Crippen molar-refractivity contribution in [1.82, 2.24) is 0 Å². The fraction of sp³-hybridized carbons (Fsp3) is 0.429. The Kier molecular flexibility index (Phi) is 4.89. The Hall–Kier alpha value is -1.84. The van der Waals surface area contributed by atoms with Gasteiger partial charge in [0, 0.05) is 0 Å². The Morgan fingerprint density at radius 3 is 1.83 bits per heavy atom. The first-order valence-electron chi connectivity index (χ1n) is 5.94. The predicted molar refractivity (Wildman–Crippen MR) is 67.4 cm³/mol. The number of benzene rings is 1. The molecule has 0 bridgehead atoms. The van der Waals surface area contributed by atoms with Gasteiger partial charge in [-0.2, -0.15) is 0 Å². The molecule has 0 aliphatic heterocycles. The van der Waals surface area contributed by atoms with Crippen LogP contribution in [0.5, 0.6) is 0 Å². The molecule has 2 N–H and O–H groups in total. The number of rotatable bonds is 6. The zero-order valence-corrected chi connectivity index (χ0v) is 10.6. The average molecular weight is 250 g/mol. The molecule has 0 heterocycles. The normalized spacial score (nSPS) is 10.9. The summed E-state index contributed by atoms with van der Waals surface area (Å²) in [5.41, 5.74) is 1.83. The Labute approximate surface area is 106 Å². The first-order chi connectivity index (χ1) is 8.41. The number of hydrogen-bond donors (Lipinski definition) is 2. The lowest BCUT2D eigenvalue weighted by molar-refractivity contribution is -0.154. The van der Waals surface area contributed by atoms with Crippen LogP contribution in [0.4, 0.5) is 0 Å². The van der Waals surface area contributed by atoms with Crippen LogP contribution in [0.2, 0.25) is 0 Å². The third-order valence-electron chi connectivity index (χ3n) is 2.77. The van der Waals surface area contributed by atoms with E-state index in [0.29, 0.717) is 5.92 Å². The molecule has 4 nitrogen and oxygen atoms in total. The smallest absolute Gasteiger partial charge is 0.318 e. The number of carboxylic acids is 2. The fourth-order valence-corrected chi connectivity index (χ4v) is 1.90. The van der Waals surface area contributed by atoms with E-state index in [1.165, 1.54) is 0 Å². The summed E-state index contributed by atoms with van der Waals surface area (Å²) in [5.74, 6) is -3.51. The van der Waals surface area contributed by atoms with Gasteiger partial charge in [-0.05, 0) is 29.9 Å². The van der Waals surface area contributed by atoms with Crippen molar-refractivity contribution >= 4 is 11.9 Å². The lowest BCUT2D eigenvalue weighted by Crippen LogP contribution is -2.26. The Bertz CT molecular complexity index is 423. The molecule has 0 atom stereocenters.